The van der Waals surface area contributed by atoms with Crippen LogP contribution in [0.5, 0.6) is 0 Å². The van der Waals surface area contributed by atoms with E-state index in [4.69, 9.17) is 0 Å². The van der Waals surface area contributed by atoms with E-state index in [1.807, 2.05) is 23.5 Å². The van der Waals surface area contributed by atoms with Gasteiger partial charge in [0.2, 0.25) is 0 Å². The molecule has 3 rings (SSSR count). The molecule has 146 valence electrons. The fourth-order valence-electron chi connectivity index (χ4n) is 3.42. The predicted molar refractivity (Wildman–Crippen MR) is 127 cm³/mol. The summed E-state index contributed by atoms with van der Waals surface area (Å²) >= 11 is 3.97. The summed E-state index contributed by atoms with van der Waals surface area (Å²) in [5.74, 6) is 3.09. The second kappa shape index (κ2) is 10.2. The summed E-state index contributed by atoms with van der Waals surface area (Å²) < 4.78 is 0. The Morgan fingerprint density at radius 3 is 1.64 bits per heavy atom. The van der Waals surface area contributed by atoms with Gasteiger partial charge >= 0.3 is 0 Å². The Bertz CT molecular complexity index is 868. The Kier molecular flexibility index (Phi) is 7.70. The Hall–Kier alpha value is -1.64. The third-order valence-electron chi connectivity index (χ3n) is 4.86. The van der Waals surface area contributed by atoms with Crippen LogP contribution in [-0.2, 0) is 11.5 Å². The molecule has 0 unspecified atom stereocenters. The second-order valence-corrected chi connectivity index (χ2v) is 9.76. The van der Waals surface area contributed by atoms with Crippen molar-refractivity contribution in [3.8, 4) is 0 Å². The van der Waals surface area contributed by atoms with Gasteiger partial charge in [-0.2, -0.15) is 0 Å². The average molecular weight is 407 g/mol. The molecule has 0 nitrogen and oxygen atoms in total. The largest absolute Gasteiger partial charge is 0.120 e. The van der Waals surface area contributed by atoms with Gasteiger partial charge in [-0.1, -0.05) is 94.4 Å². The first kappa shape index (κ1) is 21.1. The Morgan fingerprint density at radius 1 is 0.607 bits per heavy atom. The molecule has 3 aromatic rings. The fraction of sp³-hybridized carbons (Fsp3) is 0.308. The van der Waals surface area contributed by atoms with Crippen LogP contribution in [0.25, 0.3) is 0 Å². The molecule has 0 aliphatic rings. The van der Waals surface area contributed by atoms with E-state index in [0.717, 1.165) is 11.5 Å². The van der Waals surface area contributed by atoms with Crippen molar-refractivity contribution in [3.05, 3.63) is 95.1 Å². The van der Waals surface area contributed by atoms with E-state index in [1.165, 1.54) is 32.0 Å². The highest BCUT2D eigenvalue weighted by Crippen LogP contribution is 2.43. The van der Waals surface area contributed by atoms with E-state index in [0.29, 0.717) is 11.8 Å². The zero-order valence-electron chi connectivity index (χ0n) is 17.3. The second-order valence-electron chi connectivity index (χ2n) is 7.75. The van der Waals surface area contributed by atoms with Crippen molar-refractivity contribution in [1.29, 1.82) is 0 Å². The topological polar surface area (TPSA) is 0 Å². The SMILES string of the molecule is CC(C)c1ccc(SCc2ccccc2)c(SCc2ccccc2)c1C(C)C. The molecule has 0 N–H and O–H groups in total. The zero-order valence-corrected chi connectivity index (χ0v) is 18.9. The maximum Gasteiger partial charge on any atom is 0.0249 e. The van der Waals surface area contributed by atoms with Crippen molar-refractivity contribution in [2.24, 2.45) is 0 Å². The number of benzene rings is 3. The van der Waals surface area contributed by atoms with Gasteiger partial charge in [0.1, 0.15) is 0 Å². The molecule has 0 bridgehead atoms. The first-order valence-corrected chi connectivity index (χ1v) is 12.0. The normalized spacial score (nSPS) is 11.4. The van der Waals surface area contributed by atoms with Crippen LogP contribution in [0, 0.1) is 0 Å². The summed E-state index contributed by atoms with van der Waals surface area (Å²) in [6, 6.07) is 26.3. The van der Waals surface area contributed by atoms with E-state index in [-0.39, 0.29) is 0 Å². The van der Waals surface area contributed by atoms with Gasteiger partial charge in [0.15, 0.2) is 0 Å². The summed E-state index contributed by atoms with van der Waals surface area (Å²) in [4.78, 5) is 2.89. The number of hydrogen-bond donors (Lipinski definition) is 0. The van der Waals surface area contributed by atoms with Gasteiger partial charge in [0.25, 0.3) is 0 Å². The zero-order chi connectivity index (χ0) is 19.9. The van der Waals surface area contributed by atoms with Crippen LogP contribution < -0.4 is 0 Å². The summed E-state index contributed by atoms with van der Waals surface area (Å²) in [6.45, 7) is 9.28. The van der Waals surface area contributed by atoms with Crippen molar-refractivity contribution >= 4 is 23.5 Å². The van der Waals surface area contributed by atoms with Crippen LogP contribution in [0.15, 0.2) is 82.6 Å². The van der Waals surface area contributed by atoms with Crippen LogP contribution in [0.3, 0.4) is 0 Å². The van der Waals surface area contributed by atoms with Gasteiger partial charge in [-0.05, 0) is 40.2 Å². The van der Waals surface area contributed by atoms with Crippen LogP contribution in [-0.4, -0.2) is 0 Å². The molecule has 0 heterocycles. The molecule has 0 aromatic heterocycles. The summed E-state index contributed by atoms with van der Waals surface area (Å²) in [7, 11) is 0. The number of hydrogen-bond acceptors (Lipinski definition) is 2. The first-order valence-electron chi connectivity index (χ1n) is 10.1. The Morgan fingerprint density at radius 2 is 1.14 bits per heavy atom. The van der Waals surface area contributed by atoms with Crippen molar-refractivity contribution < 1.29 is 0 Å². The van der Waals surface area contributed by atoms with Crippen LogP contribution >= 0.6 is 23.5 Å². The average Bonchev–Trinajstić information content (AvgIpc) is 2.71. The highest BCUT2D eigenvalue weighted by atomic mass is 32.2. The predicted octanol–water partition coefficient (Wildman–Crippen LogP) is 8.52. The van der Waals surface area contributed by atoms with E-state index < -0.39 is 0 Å². The Balaban J connectivity index is 1.93. The lowest BCUT2D eigenvalue weighted by atomic mass is 9.90. The standard InChI is InChI=1S/C26H30S2/c1-19(2)23-15-16-24(27-17-21-11-7-5-8-12-21)26(25(23)20(3)4)28-18-22-13-9-6-10-14-22/h5-16,19-20H,17-18H2,1-4H3. The fourth-order valence-corrected chi connectivity index (χ4v) is 5.92. The summed E-state index contributed by atoms with van der Waals surface area (Å²) in [5.41, 5.74) is 5.80. The highest BCUT2D eigenvalue weighted by molar-refractivity contribution is 8.01. The molecular formula is C26H30S2. The smallest absolute Gasteiger partial charge is 0.0249 e. The number of rotatable bonds is 8. The van der Waals surface area contributed by atoms with Gasteiger partial charge in [0.05, 0.1) is 0 Å². The van der Waals surface area contributed by atoms with Gasteiger partial charge in [-0.3, -0.25) is 0 Å². The molecular weight excluding hydrogens is 376 g/mol. The van der Waals surface area contributed by atoms with Gasteiger partial charge in [-0.25, -0.2) is 0 Å². The molecule has 3 aromatic carbocycles. The molecule has 0 radical (unpaired) electrons. The van der Waals surface area contributed by atoms with E-state index in [1.54, 1.807) is 0 Å². The lowest BCUT2D eigenvalue weighted by Crippen LogP contribution is -2.03. The van der Waals surface area contributed by atoms with Gasteiger partial charge in [0, 0.05) is 21.3 Å². The van der Waals surface area contributed by atoms with E-state index in [2.05, 4.69) is 100 Å². The number of thioether (sulfide) groups is 2. The maximum atomic E-state index is 2.36. The van der Waals surface area contributed by atoms with E-state index in [9.17, 15) is 0 Å². The molecule has 0 aliphatic heterocycles. The molecule has 2 heteroatoms. The molecule has 0 saturated heterocycles. The quantitative estimate of drug-likeness (QED) is 0.344. The first-order chi connectivity index (χ1) is 13.6. The highest BCUT2D eigenvalue weighted by Gasteiger charge is 2.19. The molecule has 0 atom stereocenters. The molecule has 0 amide bonds. The molecule has 0 saturated carbocycles. The van der Waals surface area contributed by atoms with Crippen molar-refractivity contribution in [2.75, 3.05) is 0 Å². The monoisotopic (exact) mass is 406 g/mol. The minimum Gasteiger partial charge on any atom is -0.120 e. The van der Waals surface area contributed by atoms with Crippen LogP contribution in [0.1, 0.15) is 61.8 Å². The molecule has 0 spiro atoms. The lowest BCUT2D eigenvalue weighted by Gasteiger charge is -2.23. The molecule has 0 fully saturated rings. The van der Waals surface area contributed by atoms with Crippen molar-refractivity contribution in [3.63, 3.8) is 0 Å². The van der Waals surface area contributed by atoms with E-state index >= 15 is 0 Å². The van der Waals surface area contributed by atoms with Crippen molar-refractivity contribution in [1.82, 2.24) is 0 Å². The third-order valence-corrected chi connectivity index (χ3v) is 7.32. The molecule has 28 heavy (non-hydrogen) atoms. The Labute approximate surface area is 179 Å². The summed E-state index contributed by atoms with van der Waals surface area (Å²) in [6.07, 6.45) is 0. The van der Waals surface area contributed by atoms with Crippen LogP contribution in [0.2, 0.25) is 0 Å². The van der Waals surface area contributed by atoms with Gasteiger partial charge in [-0.15, -0.1) is 23.5 Å². The third kappa shape index (κ3) is 5.46. The lowest BCUT2D eigenvalue weighted by molar-refractivity contribution is 0.762. The maximum absolute atomic E-state index is 2.36. The van der Waals surface area contributed by atoms with Crippen LogP contribution in [0.4, 0.5) is 0 Å². The van der Waals surface area contributed by atoms with Gasteiger partial charge < -0.3 is 0 Å². The summed E-state index contributed by atoms with van der Waals surface area (Å²) in [5, 5.41) is 0. The molecule has 0 aliphatic carbocycles. The minimum absolute atomic E-state index is 0.521. The minimum atomic E-state index is 0.521. The van der Waals surface area contributed by atoms with Crippen molar-refractivity contribution in [2.45, 2.75) is 60.8 Å².